The van der Waals surface area contributed by atoms with Gasteiger partial charge in [0.05, 0.1) is 23.1 Å². The maximum atomic E-state index is 13.9. The highest BCUT2D eigenvalue weighted by atomic mass is 19.1. The van der Waals surface area contributed by atoms with Crippen LogP contribution >= 0.6 is 0 Å². The fraction of sp³-hybridized carbons (Fsp3) is 0.333. The Labute approximate surface area is 123 Å². The van der Waals surface area contributed by atoms with Crippen LogP contribution in [-0.4, -0.2) is 22.2 Å². The van der Waals surface area contributed by atoms with E-state index in [1.165, 1.54) is 12.1 Å². The smallest absolute Gasteiger partial charge is 0.257 e. The number of rotatable bonds is 6. The molecule has 0 saturated carbocycles. The van der Waals surface area contributed by atoms with Crippen LogP contribution < -0.4 is 10.6 Å². The molecule has 0 unspecified atom stereocenters. The van der Waals surface area contributed by atoms with Gasteiger partial charge in [0.15, 0.2) is 0 Å². The van der Waals surface area contributed by atoms with Crippen molar-refractivity contribution in [3.05, 3.63) is 42.0 Å². The Morgan fingerprint density at radius 3 is 2.86 bits per heavy atom. The Hall–Kier alpha value is -2.37. The molecule has 0 aliphatic rings. The number of amides is 1. The van der Waals surface area contributed by atoms with Gasteiger partial charge in [-0.1, -0.05) is 13.0 Å². The number of hydrogen-bond donors (Lipinski definition) is 2. The number of benzene rings is 1. The van der Waals surface area contributed by atoms with E-state index in [-0.39, 0.29) is 17.2 Å². The highest BCUT2D eigenvalue weighted by Gasteiger charge is 2.15. The molecule has 1 amide bonds. The third-order valence-electron chi connectivity index (χ3n) is 3.03. The molecule has 0 bridgehead atoms. The van der Waals surface area contributed by atoms with E-state index in [2.05, 4.69) is 15.7 Å². The lowest BCUT2D eigenvalue weighted by molar-refractivity contribution is 0.102. The number of para-hydroxylation sites is 1. The maximum absolute atomic E-state index is 13.9. The molecule has 0 atom stereocenters. The lowest BCUT2D eigenvalue weighted by atomic mass is 10.1. The van der Waals surface area contributed by atoms with E-state index in [0.717, 1.165) is 13.0 Å². The second kappa shape index (κ2) is 6.88. The van der Waals surface area contributed by atoms with Crippen LogP contribution in [0.2, 0.25) is 0 Å². The minimum absolute atomic E-state index is 0.236. The molecular weight excluding hydrogens is 271 g/mol. The minimum atomic E-state index is -0.430. The number of aryl methyl sites for hydroxylation is 1. The lowest BCUT2D eigenvalue weighted by Crippen LogP contribution is -2.16. The number of nitrogens with one attached hydrogen (secondary N) is 2. The summed E-state index contributed by atoms with van der Waals surface area (Å²) in [5.74, 6) is -0.788. The highest BCUT2D eigenvalue weighted by Crippen LogP contribution is 2.21. The number of hydrogen-bond acceptors (Lipinski definition) is 3. The zero-order valence-electron chi connectivity index (χ0n) is 12.2. The second-order valence-electron chi connectivity index (χ2n) is 4.63. The molecule has 0 aliphatic carbocycles. The van der Waals surface area contributed by atoms with Crippen molar-refractivity contribution < 1.29 is 9.18 Å². The van der Waals surface area contributed by atoms with E-state index >= 15 is 0 Å². The van der Waals surface area contributed by atoms with Crippen LogP contribution in [0, 0.1) is 5.82 Å². The summed E-state index contributed by atoms with van der Waals surface area (Å²) in [4.78, 5) is 12.3. The monoisotopic (exact) mass is 290 g/mol. The number of anilines is 2. The third-order valence-corrected chi connectivity index (χ3v) is 3.03. The van der Waals surface area contributed by atoms with Crippen molar-refractivity contribution in [1.82, 2.24) is 9.78 Å². The minimum Gasteiger partial charge on any atom is -0.382 e. The maximum Gasteiger partial charge on any atom is 0.257 e. The average Bonchev–Trinajstić information content (AvgIpc) is 2.93. The average molecular weight is 290 g/mol. The van der Waals surface area contributed by atoms with Gasteiger partial charge in [0.25, 0.3) is 5.91 Å². The van der Waals surface area contributed by atoms with Gasteiger partial charge < -0.3 is 10.6 Å². The number of aromatic nitrogens is 2. The number of carbonyl (C=O) groups excluding carboxylic acids is 1. The quantitative estimate of drug-likeness (QED) is 0.859. The SMILES string of the molecule is CCCNc1c(F)cccc1C(=O)Nc1cnn(CC)c1. The van der Waals surface area contributed by atoms with Crippen molar-refractivity contribution in [3.8, 4) is 0 Å². The van der Waals surface area contributed by atoms with Crippen LogP contribution in [-0.2, 0) is 6.54 Å². The topological polar surface area (TPSA) is 59.0 Å². The van der Waals surface area contributed by atoms with Crippen molar-refractivity contribution in [3.63, 3.8) is 0 Å². The van der Waals surface area contributed by atoms with Gasteiger partial charge in [-0.2, -0.15) is 5.10 Å². The van der Waals surface area contributed by atoms with E-state index in [1.54, 1.807) is 23.1 Å². The lowest BCUT2D eigenvalue weighted by Gasteiger charge is -2.12. The third kappa shape index (κ3) is 3.59. The molecule has 0 aliphatic heterocycles. The van der Waals surface area contributed by atoms with E-state index in [9.17, 15) is 9.18 Å². The second-order valence-corrected chi connectivity index (χ2v) is 4.63. The first kappa shape index (κ1) is 15.0. The molecule has 2 N–H and O–H groups in total. The van der Waals surface area contributed by atoms with Gasteiger partial charge in [-0.3, -0.25) is 9.48 Å². The summed E-state index contributed by atoms with van der Waals surface area (Å²) in [6, 6.07) is 4.46. The molecule has 2 rings (SSSR count). The van der Waals surface area contributed by atoms with E-state index < -0.39 is 5.82 Å². The predicted molar refractivity (Wildman–Crippen MR) is 81.0 cm³/mol. The summed E-state index contributed by atoms with van der Waals surface area (Å²) < 4.78 is 15.6. The largest absolute Gasteiger partial charge is 0.382 e. The molecule has 0 saturated heterocycles. The molecule has 1 heterocycles. The molecule has 2 aromatic rings. The Kier molecular flexibility index (Phi) is 4.92. The van der Waals surface area contributed by atoms with E-state index in [1.807, 2.05) is 13.8 Å². The van der Waals surface area contributed by atoms with Gasteiger partial charge in [0.2, 0.25) is 0 Å². The Balaban J connectivity index is 2.20. The van der Waals surface area contributed by atoms with Crippen LogP contribution in [0.1, 0.15) is 30.6 Å². The fourth-order valence-corrected chi connectivity index (χ4v) is 1.94. The van der Waals surface area contributed by atoms with Gasteiger partial charge in [0, 0.05) is 19.3 Å². The predicted octanol–water partition coefficient (Wildman–Crippen LogP) is 3.12. The van der Waals surface area contributed by atoms with Crippen LogP contribution in [0.25, 0.3) is 0 Å². The molecule has 1 aromatic heterocycles. The van der Waals surface area contributed by atoms with Gasteiger partial charge in [-0.05, 0) is 25.5 Å². The van der Waals surface area contributed by atoms with Crippen LogP contribution in [0.15, 0.2) is 30.6 Å². The molecule has 112 valence electrons. The summed E-state index contributed by atoms with van der Waals surface area (Å²) in [5, 5.41) is 9.77. The zero-order chi connectivity index (χ0) is 15.2. The number of halogens is 1. The van der Waals surface area contributed by atoms with E-state index in [0.29, 0.717) is 12.2 Å². The van der Waals surface area contributed by atoms with Crippen molar-refractivity contribution in [2.45, 2.75) is 26.8 Å². The number of carbonyl (C=O) groups is 1. The molecular formula is C15H19FN4O. The van der Waals surface area contributed by atoms with Crippen LogP contribution in [0.3, 0.4) is 0 Å². The molecule has 6 heteroatoms. The van der Waals surface area contributed by atoms with Crippen LogP contribution in [0.5, 0.6) is 0 Å². The summed E-state index contributed by atoms with van der Waals surface area (Å²) in [6.45, 7) is 5.26. The molecule has 5 nitrogen and oxygen atoms in total. The highest BCUT2D eigenvalue weighted by molar-refractivity contribution is 6.08. The standard InChI is InChI=1S/C15H19FN4O/c1-3-8-17-14-12(6-5-7-13(14)16)15(21)19-11-9-18-20(4-2)10-11/h5-7,9-10,17H,3-4,8H2,1-2H3,(H,19,21). The molecule has 1 aromatic carbocycles. The Bertz CT molecular complexity index is 624. The van der Waals surface area contributed by atoms with E-state index in [4.69, 9.17) is 0 Å². The van der Waals surface area contributed by atoms with Gasteiger partial charge >= 0.3 is 0 Å². The van der Waals surface area contributed by atoms with Crippen LogP contribution in [0.4, 0.5) is 15.8 Å². The summed E-state index contributed by atoms with van der Waals surface area (Å²) in [7, 11) is 0. The van der Waals surface area contributed by atoms with Gasteiger partial charge in [-0.15, -0.1) is 0 Å². The summed E-state index contributed by atoms with van der Waals surface area (Å²) >= 11 is 0. The van der Waals surface area contributed by atoms with Gasteiger partial charge in [0.1, 0.15) is 5.82 Å². The van der Waals surface area contributed by atoms with Crippen molar-refractivity contribution in [2.75, 3.05) is 17.2 Å². The first-order valence-corrected chi connectivity index (χ1v) is 7.01. The zero-order valence-corrected chi connectivity index (χ0v) is 12.2. The fourth-order valence-electron chi connectivity index (χ4n) is 1.94. The normalized spacial score (nSPS) is 10.4. The summed E-state index contributed by atoms with van der Waals surface area (Å²) in [6.07, 6.45) is 4.15. The molecule has 0 fully saturated rings. The van der Waals surface area contributed by atoms with Crippen molar-refractivity contribution in [1.29, 1.82) is 0 Å². The number of nitrogens with zero attached hydrogens (tertiary/aromatic N) is 2. The molecule has 0 spiro atoms. The van der Waals surface area contributed by atoms with Gasteiger partial charge in [-0.25, -0.2) is 4.39 Å². The first-order valence-electron chi connectivity index (χ1n) is 7.01. The van der Waals surface area contributed by atoms with Crippen molar-refractivity contribution in [2.24, 2.45) is 0 Å². The Morgan fingerprint density at radius 2 is 2.19 bits per heavy atom. The van der Waals surface area contributed by atoms with Crippen molar-refractivity contribution >= 4 is 17.3 Å². The Morgan fingerprint density at radius 1 is 1.38 bits per heavy atom. The molecule has 21 heavy (non-hydrogen) atoms. The summed E-state index contributed by atoms with van der Waals surface area (Å²) in [5.41, 5.74) is 1.11. The first-order chi connectivity index (χ1) is 10.2. The molecule has 0 radical (unpaired) electrons.